The molecule has 0 aliphatic rings. The van der Waals surface area contributed by atoms with Crippen LogP contribution >= 0.6 is 11.6 Å². The van der Waals surface area contributed by atoms with Gasteiger partial charge in [-0.1, -0.05) is 17.7 Å². The van der Waals surface area contributed by atoms with Crippen LogP contribution in [0, 0.1) is 17.4 Å². The quantitative estimate of drug-likeness (QED) is 0.659. The molecule has 11 heavy (non-hydrogen) atoms. The van der Waals surface area contributed by atoms with E-state index in [9.17, 15) is 0 Å². The van der Waals surface area contributed by atoms with E-state index in [-0.39, 0.29) is 0 Å². The minimum atomic E-state index is 0.525. The van der Waals surface area contributed by atoms with Crippen LogP contribution < -0.4 is 0 Å². The number of nitriles is 1. The first-order valence-electron chi connectivity index (χ1n) is 3.36. The fourth-order valence-electron chi connectivity index (χ4n) is 0.819. The minimum Gasteiger partial charge on any atom is -0.198 e. The van der Waals surface area contributed by atoms with Crippen LogP contribution in [-0.4, -0.2) is 0 Å². The van der Waals surface area contributed by atoms with Crippen LogP contribution in [0.5, 0.6) is 0 Å². The molecule has 0 N–H and O–H groups in total. The maximum atomic E-state index is 8.30. The first-order valence-corrected chi connectivity index (χ1v) is 3.74. The van der Waals surface area contributed by atoms with Crippen molar-refractivity contribution in [3.63, 3.8) is 0 Å². The Labute approximate surface area is 71.2 Å². The van der Waals surface area contributed by atoms with E-state index in [1.807, 2.05) is 6.07 Å². The Balaban J connectivity index is 2.65. The largest absolute Gasteiger partial charge is 0.198 e. The first-order chi connectivity index (χ1) is 5.33. The van der Waals surface area contributed by atoms with Gasteiger partial charge in [-0.2, -0.15) is 5.26 Å². The van der Waals surface area contributed by atoms with Gasteiger partial charge in [-0.3, -0.25) is 0 Å². The van der Waals surface area contributed by atoms with E-state index in [0.717, 1.165) is 12.0 Å². The standard InChI is InChI=1S/C9H7ClN/c10-9-5-1-3-8(7-9)4-2-6-11/h1,5,7H,2,4H2. The van der Waals surface area contributed by atoms with E-state index in [2.05, 4.69) is 12.1 Å². The zero-order chi connectivity index (χ0) is 8.10. The molecular formula is C9H7ClN. The van der Waals surface area contributed by atoms with Gasteiger partial charge in [0, 0.05) is 11.4 Å². The summed E-state index contributed by atoms with van der Waals surface area (Å²) in [6, 6.07) is 10.5. The average Bonchev–Trinajstić information content (AvgIpc) is 2.01. The molecule has 1 aromatic carbocycles. The van der Waals surface area contributed by atoms with E-state index >= 15 is 0 Å². The second-order valence-electron chi connectivity index (χ2n) is 2.19. The molecule has 0 aliphatic carbocycles. The predicted octanol–water partition coefficient (Wildman–Crippen LogP) is 2.60. The highest BCUT2D eigenvalue weighted by Gasteiger charge is 1.92. The van der Waals surface area contributed by atoms with Crippen molar-refractivity contribution in [3.05, 3.63) is 34.9 Å². The van der Waals surface area contributed by atoms with Crippen LogP contribution in [0.4, 0.5) is 0 Å². The minimum absolute atomic E-state index is 0.525. The number of nitrogens with zero attached hydrogens (tertiary/aromatic N) is 1. The molecule has 0 amide bonds. The topological polar surface area (TPSA) is 23.8 Å². The molecule has 0 aliphatic heterocycles. The van der Waals surface area contributed by atoms with Crippen LogP contribution in [0.1, 0.15) is 12.0 Å². The Morgan fingerprint density at radius 3 is 3.09 bits per heavy atom. The molecule has 0 saturated heterocycles. The Morgan fingerprint density at radius 2 is 2.45 bits per heavy atom. The van der Waals surface area contributed by atoms with Crippen molar-refractivity contribution in [3.8, 4) is 6.07 Å². The third kappa shape index (κ3) is 2.61. The highest BCUT2D eigenvalue weighted by atomic mass is 35.5. The second-order valence-corrected chi connectivity index (χ2v) is 2.63. The van der Waals surface area contributed by atoms with Gasteiger partial charge in [-0.25, -0.2) is 0 Å². The molecule has 0 heterocycles. The summed E-state index contributed by atoms with van der Waals surface area (Å²) in [7, 11) is 0. The van der Waals surface area contributed by atoms with Gasteiger partial charge >= 0.3 is 0 Å². The lowest BCUT2D eigenvalue weighted by molar-refractivity contribution is 1.01. The van der Waals surface area contributed by atoms with Gasteiger partial charge in [-0.05, 0) is 30.2 Å². The molecule has 2 heteroatoms. The SMILES string of the molecule is N#CCCc1[c]ccc(Cl)c1. The fourth-order valence-corrected chi connectivity index (χ4v) is 1.01. The van der Waals surface area contributed by atoms with Crippen molar-refractivity contribution < 1.29 is 0 Å². The van der Waals surface area contributed by atoms with Crippen molar-refractivity contribution in [1.29, 1.82) is 5.26 Å². The van der Waals surface area contributed by atoms with Gasteiger partial charge in [0.2, 0.25) is 0 Å². The Kier molecular flexibility index (Phi) is 2.95. The second kappa shape index (κ2) is 4.00. The number of halogens is 1. The summed E-state index contributed by atoms with van der Waals surface area (Å²) in [6.07, 6.45) is 1.26. The van der Waals surface area contributed by atoms with Crippen LogP contribution in [0.3, 0.4) is 0 Å². The lowest BCUT2D eigenvalue weighted by Crippen LogP contribution is -1.82. The highest BCUT2D eigenvalue weighted by molar-refractivity contribution is 6.30. The summed E-state index contributed by atoms with van der Waals surface area (Å²) in [5.74, 6) is 0. The molecule has 0 spiro atoms. The average molecular weight is 165 g/mol. The predicted molar refractivity (Wildman–Crippen MR) is 44.2 cm³/mol. The monoisotopic (exact) mass is 164 g/mol. The van der Waals surface area contributed by atoms with Gasteiger partial charge in [0.05, 0.1) is 6.07 Å². The number of hydrogen-bond donors (Lipinski definition) is 0. The number of rotatable bonds is 2. The van der Waals surface area contributed by atoms with E-state index in [0.29, 0.717) is 11.4 Å². The zero-order valence-electron chi connectivity index (χ0n) is 5.97. The van der Waals surface area contributed by atoms with Crippen LogP contribution in [0.2, 0.25) is 5.02 Å². The third-order valence-electron chi connectivity index (χ3n) is 1.33. The summed E-state index contributed by atoms with van der Waals surface area (Å²) < 4.78 is 0. The summed E-state index contributed by atoms with van der Waals surface area (Å²) >= 11 is 5.72. The number of hydrogen-bond acceptors (Lipinski definition) is 1. The Bertz CT molecular complexity index is 275. The first kappa shape index (κ1) is 8.10. The molecular weight excluding hydrogens is 158 g/mol. The molecule has 0 fully saturated rings. The Morgan fingerprint density at radius 1 is 1.64 bits per heavy atom. The van der Waals surface area contributed by atoms with Gasteiger partial charge in [-0.15, -0.1) is 0 Å². The van der Waals surface area contributed by atoms with Crippen molar-refractivity contribution >= 4 is 11.6 Å². The molecule has 0 atom stereocenters. The van der Waals surface area contributed by atoms with Gasteiger partial charge in [0.15, 0.2) is 0 Å². The van der Waals surface area contributed by atoms with Crippen molar-refractivity contribution in [2.45, 2.75) is 12.8 Å². The lowest BCUT2D eigenvalue weighted by Gasteiger charge is -1.95. The van der Waals surface area contributed by atoms with Crippen LogP contribution in [-0.2, 0) is 6.42 Å². The fraction of sp³-hybridized carbons (Fsp3) is 0.222. The van der Waals surface area contributed by atoms with Gasteiger partial charge in [0.25, 0.3) is 0 Å². The smallest absolute Gasteiger partial charge is 0.0625 e. The molecule has 1 aromatic rings. The van der Waals surface area contributed by atoms with E-state index in [4.69, 9.17) is 16.9 Å². The van der Waals surface area contributed by atoms with Crippen molar-refractivity contribution in [2.75, 3.05) is 0 Å². The molecule has 0 saturated carbocycles. The van der Waals surface area contributed by atoms with E-state index in [1.165, 1.54) is 0 Å². The molecule has 55 valence electrons. The Hall–Kier alpha value is -1.00. The van der Waals surface area contributed by atoms with Crippen molar-refractivity contribution in [2.24, 2.45) is 0 Å². The number of benzene rings is 1. The zero-order valence-corrected chi connectivity index (χ0v) is 6.73. The molecule has 1 rings (SSSR count). The van der Waals surface area contributed by atoms with Crippen LogP contribution in [0.15, 0.2) is 18.2 Å². The molecule has 0 bridgehead atoms. The maximum Gasteiger partial charge on any atom is 0.0625 e. The summed E-state index contributed by atoms with van der Waals surface area (Å²) in [5.41, 5.74) is 0.999. The summed E-state index contributed by atoms with van der Waals surface area (Å²) in [5, 5.41) is 9.01. The lowest BCUT2D eigenvalue weighted by atomic mass is 10.1. The van der Waals surface area contributed by atoms with E-state index in [1.54, 1.807) is 12.1 Å². The molecule has 0 aromatic heterocycles. The van der Waals surface area contributed by atoms with Crippen molar-refractivity contribution in [1.82, 2.24) is 0 Å². The normalized spacial score (nSPS) is 9.09. The van der Waals surface area contributed by atoms with Gasteiger partial charge < -0.3 is 0 Å². The molecule has 0 unspecified atom stereocenters. The third-order valence-corrected chi connectivity index (χ3v) is 1.56. The summed E-state index contributed by atoms with van der Waals surface area (Å²) in [4.78, 5) is 0. The highest BCUT2D eigenvalue weighted by Crippen LogP contribution is 2.10. The van der Waals surface area contributed by atoms with E-state index < -0.39 is 0 Å². The number of aryl methyl sites for hydroxylation is 1. The van der Waals surface area contributed by atoms with Gasteiger partial charge in [0.1, 0.15) is 0 Å². The molecule has 1 radical (unpaired) electrons. The van der Waals surface area contributed by atoms with Crippen LogP contribution in [0.25, 0.3) is 0 Å². The maximum absolute atomic E-state index is 8.30. The molecule has 1 nitrogen and oxygen atoms in total. The summed E-state index contributed by atoms with van der Waals surface area (Å²) in [6.45, 7) is 0.